The van der Waals surface area contributed by atoms with Gasteiger partial charge in [0.15, 0.2) is 0 Å². The highest BCUT2D eigenvalue weighted by atomic mass is 16.2. The van der Waals surface area contributed by atoms with Crippen LogP contribution in [0.1, 0.15) is 61.6 Å². The van der Waals surface area contributed by atoms with E-state index in [2.05, 4.69) is 29.0 Å². The van der Waals surface area contributed by atoms with Gasteiger partial charge in [0.1, 0.15) is 0 Å². The van der Waals surface area contributed by atoms with E-state index in [1.165, 1.54) is 31.6 Å². The molecule has 162 valence electrons. The molecule has 2 aliphatic rings. The number of amides is 2. The van der Waals surface area contributed by atoms with Gasteiger partial charge in [-0.15, -0.1) is 0 Å². The maximum absolute atomic E-state index is 12.7. The molecule has 0 bridgehead atoms. The zero-order chi connectivity index (χ0) is 21.3. The van der Waals surface area contributed by atoms with Gasteiger partial charge >= 0.3 is 0 Å². The molecule has 0 aliphatic carbocycles. The van der Waals surface area contributed by atoms with Crippen LogP contribution in [0.3, 0.4) is 0 Å². The summed E-state index contributed by atoms with van der Waals surface area (Å²) in [6, 6.07) is 6.48. The van der Waals surface area contributed by atoms with Crippen LogP contribution in [0.25, 0.3) is 10.9 Å². The number of aromatic nitrogens is 1. The van der Waals surface area contributed by atoms with Crippen LogP contribution in [-0.4, -0.2) is 58.8 Å². The standard InChI is InChI=1S/C24H34N4O2/c1-16(2)27-11-7-18(8-12-27)6-10-25-24(30)19-4-5-22-20(14-19)21-15-28(17(3)29)13-9-23(21)26-22/h4-5,14,16,18,26H,6-13,15H2,1-3H3,(H,25,30). The second-order valence-corrected chi connectivity index (χ2v) is 9.15. The first kappa shape index (κ1) is 20.9. The number of rotatable bonds is 5. The minimum absolute atomic E-state index is 0.00861. The normalized spacial score (nSPS) is 18.1. The van der Waals surface area contributed by atoms with Gasteiger partial charge in [0.05, 0.1) is 0 Å². The smallest absolute Gasteiger partial charge is 0.251 e. The Morgan fingerprint density at radius 1 is 1.20 bits per heavy atom. The van der Waals surface area contributed by atoms with E-state index in [1.807, 2.05) is 23.1 Å². The van der Waals surface area contributed by atoms with Crippen molar-refractivity contribution < 1.29 is 9.59 Å². The van der Waals surface area contributed by atoms with Crippen LogP contribution >= 0.6 is 0 Å². The van der Waals surface area contributed by atoms with Crippen LogP contribution < -0.4 is 5.32 Å². The van der Waals surface area contributed by atoms with Crippen LogP contribution in [-0.2, 0) is 17.8 Å². The molecule has 2 aromatic rings. The molecule has 6 heteroatoms. The van der Waals surface area contributed by atoms with Gasteiger partial charge < -0.3 is 20.1 Å². The molecule has 2 N–H and O–H groups in total. The highest BCUT2D eigenvalue weighted by Gasteiger charge is 2.23. The molecule has 0 atom stereocenters. The number of benzene rings is 1. The van der Waals surface area contributed by atoms with Crippen molar-refractivity contribution in [3.8, 4) is 0 Å². The summed E-state index contributed by atoms with van der Waals surface area (Å²) in [4.78, 5) is 32.4. The van der Waals surface area contributed by atoms with Gasteiger partial charge in [0.25, 0.3) is 5.91 Å². The molecule has 1 aromatic carbocycles. The number of carbonyl (C=O) groups excluding carboxylic acids is 2. The summed E-state index contributed by atoms with van der Waals surface area (Å²) in [5.41, 5.74) is 4.07. The predicted octanol–water partition coefficient (Wildman–Crippen LogP) is 3.31. The van der Waals surface area contributed by atoms with Crippen LogP contribution in [0.15, 0.2) is 18.2 Å². The van der Waals surface area contributed by atoms with E-state index >= 15 is 0 Å². The number of fused-ring (bicyclic) bond motifs is 3. The van der Waals surface area contributed by atoms with Crippen molar-refractivity contribution in [3.05, 3.63) is 35.0 Å². The molecule has 4 rings (SSSR count). The van der Waals surface area contributed by atoms with E-state index in [-0.39, 0.29) is 11.8 Å². The largest absolute Gasteiger partial charge is 0.358 e. The van der Waals surface area contributed by atoms with Crippen LogP contribution in [0.4, 0.5) is 0 Å². The number of aromatic amines is 1. The highest BCUT2D eigenvalue weighted by molar-refractivity contribution is 5.99. The number of nitrogens with one attached hydrogen (secondary N) is 2. The molecular formula is C24H34N4O2. The summed E-state index contributed by atoms with van der Waals surface area (Å²) in [5, 5.41) is 4.18. The van der Waals surface area contributed by atoms with Crippen LogP contribution in [0.5, 0.6) is 0 Å². The lowest BCUT2D eigenvalue weighted by Gasteiger charge is -2.34. The van der Waals surface area contributed by atoms with E-state index in [0.717, 1.165) is 42.4 Å². The topological polar surface area (TPSA) is 68.4 Å². The van der Waals surface area contributed by atoms with Crippen molar-refractivity contribution in [3.63, 3.8) is 0 Å². The summed E-state index contributed by atoms with van der Waals surface area (Å²) in [5.74, 6) is 0.797. The van der Waals surface area contributed by atoms with Gasteiger partial charge in [-0.1, -0.05) is 0 Å². The van der Waals surface area contributed by atoms with E-state index in [4.69, 9.17) is 0 Å². The number of likely N-dealkylation sites (tertiary alicyclic amines) is 1. The maximum atomic E-state index is 12.7. The van der Waals surface area contributed by atoms with Crippen molar-refractivity contribution in [2.75, 3.05) is 26.2 Å². The number of carbonyl (C=O) groups is 2. The SMILES string of the molecule is CC(=O)N1CCc2[nH]c3ccc(C(=O)NCCC4CCN(C(C)C)CC4)cc3c2C1. The number of hydrogen-bond donors (Lipinski definition) is 2. The lowest BCUT2D eigenvalue weighted by Crippen LogP contribution is -2.39. The third kappa shape index (κ3) is 4.38. The molecule has 1 saturated heterocycles. The third-order valence-electron chi connectivity index (χ3n) is 6.90. The minimum atomic E-state index is -0.00861. The Kier molecular flexibility index (Phi) is 6.14. The summed E-state index contributed by atoms with van der Waals surface area (Å²) in [7, 11) is 0. The summed E-state index contributed by atoms with van der Waals surface area (Å²) in [6.45, 7) is 10.6. The second-order valence-electron chi connectivity index (χ2n) is 9.15. The summed E-state index contributed by atoms with van der Waals surface area (Å²) < 4.78 is 0. The summed E-state index contributed by atoms with van der Waals surface area (Å²) in [6.07, 6.45) is 4.33. The molecule has 0 unspecified atom stereocenters. The van der Waals surface area contributed by atoms with Crippen molar-refractivity contribution >= 4 is 22.7 Å². The Morgan fingerprint density at radius 3 is 2.67 bits per heavy atom. The number of piperidine rings is 1. The zero-order valence-corrected chi connectivity index (χ0v) is 18.5. The average Bonchev–Trinajstić information content (AvgIpc) is 3.11. The zero-order valence-electron chi connectivity index (χ0n) is 18.5. The lowest BCUT2D eigenvalue weighted by atomic mass is 9.93. The Hall–Kier alpha value is -2.34. The molecular weight excluding hydrogens is 376 g/mol. The van der Waals surface area contributed by atoms with Crippen LogP contribution in [0.2, 0.25) is 0 Å². The van der Waals surface area contributed by atoms with E-state index in [9.17, 15) is 9.59 Å². The van der Waals surface area contributed by atoms with Crippen molar-refractivity contribution in [1.82, 2.24) is 20.1 Å². The molecule has 2 aliphatic heterocycles. The first-order valence-corrected chi connectivity index (χ1v) is 11.3. The quantitative estimate of drug-likeness (QED) is 0.795. The van der Waals surface area contributed by atoms with Gasteiger partial charge in [0.2, 0.25) is 5.91 Å². The molecule has 30 heavy (non-hydrogen) atoms. The van der Waals surface area contributed by atoms with Gasteiger partial charge in [0, 0.05) is 66.7 Å². The van der Waals surface area contributed by atoms with Crippen LogP contribution in [0, 0.1) is 5.92 Å². The molecule has 2 amide bonds. The Bertz CT molecular complexity index is 925. The maximum Gasteiger partial charge on any atom is 0.251 e. The van der Waals surface area contributed by atoms with Crippen molar-refractivity contribution in [2.45, 2.75) is 59.0 Å². The van der Waals surface area contributed by atoms with Gasteiger partial charge in [-0.05, 0) is 70.3 Å². The monoisotopic (exact) mass is 410 g/mol. The molecule has 1 fully saturated rings. The molecule has 6 nitrogen and oxygen atoms in total. The average molecular weight is 411 g/mol. The molecule has 0 spiro atoms. The van der Waals surface area contributed by atoms with Gasteiger partial charge in [-0.3, -0.25) is 9.59 Å². The van der Waals surface area contributed by atoms with E-state index in [1.54, 1.807) is 6.92 Å². The first-order valence-electron chi connectivity index (χ1n) is 11.3. The van der Waals surface area contributed by atoms with Gasteiger partial charge in [-0.25, -0.2) is 0 Å². The minimum Gasteiger partial charge on any atom is -0.358 e. The fraction of sp³-hybridized carbons (Fsp3) is 0.583. The summed E-state index contributed by atoms with van der Waals surface area (Å²) >= 11 is 0. The lowest BCUT2D eigenvalue weighted by molar-refractivity contribution is -0.129. The third-order valence-corrected chi connectivity index (χ3v) is 6.90. The molecule has 0 radical (unpaired) electrons. The predicted molar refractivity (Wildman–Crippen MR) is 119 cm³/mol. The second kappa shape index (κ2) is 8.80. The molecule has 3 heterocycles. The number of hydrogen-bond acceptors (Lipinski definition) is 3. The fourth-order valence-electron chi connectivity index (χ4n) is 4.87. The van der Waals surface area contributed by atoms with Crippen molar-refractivity contribution in [2.24, 2.45) is 5.92 Å². The number of H-pyrrole nitrogens is 1. The number of nitrogens with zero attached hydrogens (tertiary/aromatic N) is 2. The van der Waals surface area contributed by atoms with Gasteiger partial charge in [-0.2, -0.15) is 0 Å². The highest BCUT2D eigenvalue weighted by Crippen LogP contribution is 2.29. The molecule has 1 aromatic heterocycles. The Labute approximate surface area is 179 Å². The van der Waals surface area contributed by atoms with Crippen molar-refractivity contribution in [1.29, 1.82) is 0 Å². The Balaban J connectivity index is 1.36. The Morgan fingerprint density at radius 2 is 1.97 bits per heavy atom. The van der Waals surface area contributed by atoms with E-state index in [0.29, 0.717) is 24.1 Å². The van der Waals surface area contributed by atoms with E-state index < -0.39 is 0 Å². The fourth-order valence-corrected chi connectivity index (χ4v) is 4.87. The molecule has 0 saturated carbocycles. The first-order chi connectivity index (χ1) is 14.4.